The maximum absolute atomic E-state index is 12.5. The van der Waals surface area contributed by atoms with Crippen molar-refractivity contribution in [1.29, 1.82) is 0 Å². The number of carbonyl (C=O) groups excluding carboxylic acids is 2. The number of benzene rings is 2. The van der Waals surface area contributed by atoms with Gasteiger partial charge in [-0.15, -0.1) is 18.2 Å². The zero-order valence-electron chi connectivity index (χ0n) is 19.5. The Hall–Kier alpha value is -3.74. The highest BCUT2D eigenvalue weighted by Crippen LogP contribution is 2.36. The number of hydrogen-bond donors (Lipinski definition) is 2. The van der Waals surface area contributed by atoms with Gasteiger partial charge in [-0.1, -0.05) is 12.0 Å². The van der Waals surface area contributed by atoms with E-state index in [0.717, 1.165) is 39.0 Å². The minimum atomic E-state index is -0.376. The fraction of sp³-hybridized carbons (Fsp3) is 0.296. The molecule has 0 saturated carbocycles. The maximum Gasteiger partial charge on any atom is 0.414 e. The van der Waals surface area contributed by atoms with Crippen LogP contribution in [0.1, 0.15) is 30.0 Å². The predicted octanol–water partition coefficient (Wildman–Crippen LogP) is 3.48. The van der Waals surface area contributed by atoms with Crippen LogP contribution in [0.4, 0.5) is 16.2 Å². The minimum Gasteiger partial charge on any atom is -0.444 e. The van der Waals surface area contributed by atoms with Crippen LogP contribution < -0.4 is 21.1 Å². The summed E-state index contributed by atoms with van der Waals surface area (Å²) in [6, 6.07) is 12.9. The van der Waals surface area contributed by atoms with Gasteiger partial charge in [0.05, 0.1) is 29.5 Å². The van der Waals surface area contributed by atoms with Gasteiger partial charge in [-0.25, -0.2) is 4.79 Å². The Bertz CT molecular complexity index is 1510. The highest BCUT2D eigenvalue weighted by molar-refractivity contribution is 8.00. The molecule has 1 aromatic heterocycles. The second kappa shape index (κ2) is 9.04. The van der Waals surface area contributed by atoms with Gasteiger partial charge in [-0.2, -0.15) is 0 Å². The van der Waals surface area contributed by atoms with Crippen LogP contribution in [0.3, 0.4) is 0 Å². The maximum atomic E-state index is 12.5. The van der Waals surface area contributed by atoms with Crippen molar-refractivity contribution in [3.8, 4) is 12.3 Å². The van der Waals surface area contributed by atoms with Crippen LogP contribution in [0.25, 0.3) is 10.9 Å². The van der Waals surface area contributed by atoms with Crippen molar-refractivity contribution >= 4 is 46.0 Å². The molecule has 6 rings (SSSR count). The normalized spacial score (nSPS) is 20.2. The third kappa shape index (κ3) is 3.92. The molecule has 0 radical (unpaired) electrons. The average molecular weight is 501 g/mol. The molecule has 0 aliphatic carbocycles. The first-order valence-electron chi connectivity index (χ1n) is 11.9. The molecule has 2 N–H and O–H groups in total. The second-order valence-corrected chi connectivity index (χ2v) is 10.2. The quantitative estimate of drug-likeness (QED) is 0.398. The number of fused-ring (bicyclic) bond motifs is 1. The lowest BCUT2D eigenvalue weighted by atomic mass is 9.99. The Morgan fingerprint density at radius 2 is 2.00 bits per heavy atom. The van der Waals surface area contributed by atoms with E-state index in [1.165, 1.54) is 11.8 Å². The summed E-state index contributed by atoms with van der Waals surface area (Å²) in [5.41, 5.74) is 4.13. The molecule has 2 atom stereocenters. The molecule has 4 heterocycles. The molecular formula is C27H24N4O4S. The molecule has 2 aromatic carbocycles. The number of carbonyl (C=O) groups is 2. The molecular weight excluding hydrogens is 476 g/mol. The molecule has 3 aromatic rings. The van der Waals surface area contributed by atoms with E-state index in [4.69, 9.17) is 11.2 Å². The molecule has 9 heteroatoms. The molecule has 182 valence electrons. The topological polar surface area (TPSA) is 92.7 Å². The summed E-state index contributed by atoms with van der Waals surface area (Å²) < 4.78 is 7.40. The number of ether oxygens (including phenoxy) is 1. The van der Waals surface area contributed by atoms with E-state index >= 15 is 0 Å². The van der Waals surface area contributed by atoms with Gasteiger partial charge in [-0.05, 0) is 55.1 Å². The number of nitrogens with one attached hydrogen (secondary N) is 2. The van der Waals surface area contributed by atoms with Crippen molar-refractivity contribution < 1.29 is 14.3 Å². The van der Waals surface area contributed by atoms with E-state index in [-0.39, 0.29) is 29.7 Å². The first kappa shape index (κ1) is 22.7. The van der Waals surface area contributed by atoms with E-state index in [9.17, 15) is 14.4 Å². The smallest absolute Gasteiger partial charge is 0.414 e. The summed E-state index contributed by atoms with van der Waals surface area (Å²) in [4.78, 5) is 39.3. The van der Waals surface area contributed by atoms with Crippen LogP contribution in [0.15, 0.2) is 52.2 Å². The highest BCUT2D eigenvalue weighted by Gasteiger charge is 2.33. The Labute approximate surface area is 212 Å². The predicted molar refractivity (Wildman–Crippen MR) is 140 cm³/mol. The lowest BCUT2D eigenvalue weighted by Crippen LogP contribution is -2.27. The Kier molecular flexibility index (Phi) is 5.70. The largest absolute Gasteiger partial charge is 0.444 e. The fourth-order valence-electron chi connectivity index (χ4n) is 5.25. The van der Waals surface area contributed by atoms with Crippen LogP contribution in [0, 0.1) is 12.3 Å². The lowest BCUT2D eigenvalue weighted by Gasteiger charge is -2.20. The highest BCUT2D eigenvalue weighted by atomic mass is 32.2. The molecule has 36 heavy (non-hydrogen) atoms. The van der Waals surface area contributed by atoms with Crippen LogP contribution in [0.2, 0.25) is 0 Å². The fourth-order valence-corrected chi connectivity index (χ4v) is 6.04. The van der Waals surface area contributed by atoms with Crippen LogP contribution in [-0.2, 0) is 16.1 Å². The van der Waals surface area contributed by atoms with E-state index < -0.39 is 0 Å². The van der Waals surface area contributed by atoms with Gasteiger partial charge in [0.25, 0.3) is 5.56 Å². The Balaban J connectivity index is 1.08. The number of rotatable bonds is 6. The first-order valence-corrected chi connectivity index (χ1v) is 12.9. The number of anilines is 2. The SMILES string of the molecule is C#Cc1ccc2ccc(=O)n3c2c1[C@H](NCCC[C@@H]1CN(c2ccc4c(c2)NC(=O)CS4)C(=O)O1)C3. The van der Waals surface area contributed by atoms with Crippen molar-refractivity contribution in [2.75, 3.05) is 29.1 Å². The Morgan fingerprint density at radius 3 is 2.86 bits per heavy atom. The van der Waals surface area contributed by atoms with E-state index in [0.29, 0.717) is 37.5 Å². The van der Waals surface area contributed by atoms with Gasteiger partial charge in [0, 0.05) is 34.3 Å². The van der Waals surface area contributed by atoms with Gasteiger partial charge in [0.2, 0.25) is 5.91 Å². The van der Waals surface area contributed by atoms with Crippen molar-refractivity contribution in [1.82, 2.24) is 9.88 Å². The molecule has 2 amide bonds. The third-order valence-electron chi connectivity index (χ3n) is 6.93. The van der Waals surface area contributed by atoms with Gasteiger partial charge in [0.1, 0.15) is 6.10 Å². The zero-order valence-corrected chi connectivity index (χ0v) is 20.3. The van der Waals surface area contributed by atoms with E-state index in [1.807, 2.05) is 36.4 Å². The summed E-state index contributed by atoms with van der Waals surface area (Å²) in [5, 5.41) is 7.42. The summed E-state index contributed by atoms with van der Waals surface area (Å²) in [5.74, 6) is 3.12. The third-order valence-corrected chi connectivity index (χ3v) is 8.01. The average Bonchev–Trinajstić information content (AvgIpc) is 3.45. The van der Waals surface area contributed by atoms with Crippen LogP contribution in [-0.4, -0.2) is 41.5 Å². The molecule has 0 bridgehead atoms. The van der Waals surface area contributed by atoms with Gasteiger partial charge in [0.15, 0.2) is 0 Å². The molecule has 3 aliphatic rings. The number of hydrogen-bond acceptors (Lipinski definition) is 6. The monoisotopic (exact) mass is 500 g/mol. The molecule has 3 aliphatic heterocycles. The number of pyridine rings is 1. The minimum absolute atomic E-state index is 0.0273. The van der Waals surface area contributed by atoms with Gasteiger partial charge < -0.3 is 19.9 Å². The van der Waals surface area contributed by atoms with Crippen molar-refractivity contribution in [2.45, 2.75) is 36.4 Å². The number of terminal acetylenes is 1. The standard InChI is InChI=1S/C27H24N4O4S/c1-2-16-5-6-17-7-10-24(33)31-14-21(25(16)26(17)31)28-11-3-4-19-13-30(27(34)35-19)18-8-9-22-20(12-18)29-23(32)15-36-22/h1,5-10,12,19,21,28H,3-4,11,13-15H2,(H,29,32)/t19-,21-/m1/s1. The number of cyclic esters (lactones) is 1. The summed E-state index contributed by atoms with van der Waals surface area (Å²) in [6.45, 7) is 1.71. The van der Waals surface area contributed by atoms with Crippen LogP contribution >= 0.6 is 11.8 Å². The Morgan fingerprint density at radius 1 is 1.14 bits per heavy atom. The van der Waals surface area contributed by atoms with Crippen molar-refractivity contribution in [3.05, 3.63) is 63.9 Å². The molecule has 0 spiro atoms. The van der Waals surface area contributed by atoms with E-state index in [2.05, 4.69) is 16.6 Å². The summed E-state index contributed by atoms with van der Waals surface area (Å²) in [6.07, 6.45) is 6.67. The molecule has 0 unspecified atom stereocenters. The molecule has 8 nitrogen and oxygen atoms in total. The zero-order chi connectivity index (χ0) is 24.8. The first-order chi connectivity index (χ1) is 17.5. The van der Waals surface area contributed by atoms with Crippen molar-refractivity contribution in [2.24, 2.45) is 0 Å². The van der Waals surface area contributed by atoms with Crippen LogP contribution in [0.5, 0.6) is 0 Å². The summed E-state index contributed by atoms with van der Waals surface area (Å²) >= 11 is 1.49. The van der Waals surface area contributed by atoms with E-state index in [1.54, 1.807) is 15.5 Å². The number of nitrogens with zero attached hydrogens (tertiary/aromatic N) is 2. The number of amides is 2. The number of thioether (sulfide) groups is 1. The van der Waals surface area contributed by atoms with Gasteiger partial charge in [-0.3, -0.25) is 14.5 Å². The lowest BCUT2D eigenvalue weighted by molar-refractivity contribution is -0.113. The number of aromatic nitrogens is 1. The summed E-state index contributed by atoms with van der Waals surface area (Å²) in [7, 11) is 0. The molecule has 1 fully saturated rings. The van der Waals surface area contributed by atoms with Crippen molar-refractivity contribution in [3.63, 3.8) is 0 Å². The van der Waals surface area contributed by atoms with Gasteiger partial charge >= 0.3 is 6.09 Å². The second-order valence-electron chi connectivity index (χ2n) is 9.17. The molecule has 1 saturated heterocycles.